The van der Waals surface area contributed by atoms with Gasteiger partial charge in [0.2, 0.25) is 6.10 Å². The molecule has 0 spiro atoms. The fraction of sp³-hybridized carbons (Fsp3) is 0.714. The van der Waals surface area contributed by atoms with Crippen molar-refractivity contribution in [1.82, 2.24) is 5.32 Å². The lowest BCUT2D eigenvalue weighted by Gasteiger charge is -2.12. The second kappa shape index (κ2) is 2.75. The van der Waals surface area contributed by atoms with Crippen LogP contribution in [0.15, 0.2) is 0 Å². The predicted molar refractivity (Wildman–Crippen MR) is 37.4 cm³/mol. The van der Waals surface area contributed by atoms with Crippen LogP contribution < -0.4 is 5.32 Å². The molecule has 0 aromatic rings. The SMILES string of the molecule is O=C1NC(=O)C(C2CCCO2)O1. The van der Waals surface area contributed by atoms with Crippen molar-refractivity contribution in [3.8, 4) is 0 Å². The summed E-state index contributed by atoms with van der Waals surface area (Å²) in [5.41, 5.74) is 0. The third-order valence-corrected chi connectivity index (χ3v) is 2.02. The number of nitrogens with one attached hydrogen (secondary N) is 1. The first-order chi connectivity index (χ1) is 5.77. The van der Waals surface area contributed by atoms with Crippen molar-refractivity contribution in [2.45, 2.75) is 25.0 Å². The van der Waals surface area contributed by atoms with Crippen molar-refractivity contribution in [1.29, 1.82) is 0 Å². The summed E-state index contributed by atoms with van der Waals surface area (Å²) in [5, 5.41) is 2.06. The highest BCUT2D eigenvalue weighted by Gasteiger charge is 2.40. The molecular weight excluding hydrogens is 162 g/mol. The zero-order valence-electron chi connectivity index (χ0n) is 6.41. The molecule has 12 heavy (non-hydrogen) atoms. The van der Waals surface area contributed by atoms with E-state index in [-0.39, 0.29) is 12.0 Å². The summed E-state index contributed by atoms with van der Waals surface area (Å²) in [6.45, 7) is 0.645. The minimum absolute atomic E-state index is 0.239. The van der Waals surface area contributed by atoms with Crippen LogP contribution in [0, 0.1) is 0 Å². The molecule has 0 radical (unpaired) electrons. The van der Waals surface area contributed by atoms with E-state index in [0.717, 1.165) is 12.8 Å². The van der Waals surface area contributed by atoms with Gasteiger partial charge in [0.1, 0.15) is 6.10 Å². The number of amides is 2. The average molecular weight is 171 g/mol. The lowest BCUT2D eigenvalue weighted by Crippen LogP contribution is -2.34. The number of carbonyl (C=O) groups excluding carboxylic acids is 2. The van der Waals surface area contributed by atoms with Crippen molar-refractivity contribution >= 4 is 12.0 Å². The Morgan fingerprint density at radius 1 is 1.42 bits per heavy atom. The number of ether oxygens (including phenoxy) is 2. The Bertz CT molecular complexity index is 221. The number of cyclic esters (lactones) is 1. The molecule has 2 heterocycles. The van der Waals surface area contributed by atoms with E-state index < -0.39 is 12.2 Å². The smallest absolute Gasteiger partial charge is 0.414 e. The van der Waals surface area contributed by atoms with E-state index in [1.165, 1.54) is 0 Å². The third kappa shape index (κ3) is 1.16. The van der Waals surface area contributed by atoms with Gasteiger partial charge in [-0.25, -0.2) is 4.79 Å². The van der Waals surface area contributed by atoms with Crippen LogP contribution in [0.25, 0.3) is 0 Å². The molecule has 2 fully saturated rings. The molecule has 0 aromatic carbocycles. The van der Waals surface area contributed by atoms with Crippen LogP contribution in [0.3, 0.4) is 0 Å². The van der Waals surface area contributed by atoms with Crippen molar-refractivity contribution in [3.63, 3.8) is 0 Å². The summed E-state index contributed by atoms with van der Waals surface area (Å²) in [6.07, 6.45) is 0.0779. The highest BCUT2D eigenvalue weighted by molar-refractivity contribution is 6.00. The lowest BCUT2D eigenvalue weighted by molar-refractivity contribution is -0.128. The van der Waals surface area contributed by atoms with Gasteiger partial charge in [-0.05, 0) is 12.8 Å². The third-order valence-electron chi connectivity index (χ3n) is 2.02. The van der Waals surface area contributed by atoms with Gasteiger partial charge in [0.15, 0.2) is 0 Å². The summed E-state index contributed by atoms with van der Waals surface area (Å²) in [7, 11) is 0. The molecule has 0 bridgehead atoms. The van der Waals surface area contributed by atoms with Gasteiger partial charge >= 0.3 is 6.09 Å². The van der Waals surface area contributed by atoms with Crippen molar-refractivity contribution < 1.29 is 19.1 Å². The van der Waals surface area contributed by atoms with E-state index in [4.69, 9.17) is 9.47 Å². The monoisotopic (exact) mass is 171 g/mol. The van der Waals surface area contributed by atoms with Crippen LogP contribution in [-0.2, 0) is 14.3 Å². The van der Waals surface area contributed by atoms with Crippen molar-refractivity contribution in [2.75, 3.05) is 6.61 Å². The Kier molecular flexibility index (Phi) is 1.73. The maximum absolute atomic E-state index is 11.0. The zero-order chi connectivity index (χ0) is 8.55. The quantitative estimate of drug-likeness (QED) is 0.593. The number of hydrogen-bond donors (Lipinski definition) is 1. The van der Waals surface area contributed by atoms with Crippen molar-refractivity contribution in [3.05, 3.63) is 0 Å². The molecule has 1 N–H and O–H groups in total. The first-order valence-electron chi connectivity index (χ1n) is 3.90. The summed E-state index contributed by atoms with van der Waals surface area (Å²) >= 11 is 0. The van der Waals surface area contributed by atoms with Gasteiger partial charge in [0.25, 0.3) is 5.91 Å². The number of carbonyl (C=O) groups is 2. The topological polar surface area (TPSA) is 64.6 Å². The average Bonchev–Trinajstić information content (AvgIpc) is 2.58. The van der Waals surface area contributed by atoms with Gasteiger partial charge in [-0.3, -0.25) is 10.1 Å². The molecule has 2 atom stereocenters. The first kappa shape index (κ1) is 7.54. The molecule has 0 aliphatic carbocycles. The maximum Gasteiger partial charge on any atom is 0.414 e. The minimum atomic E-state index is -0.722. The summed E-state index contributed by atoms with van der Waals surface area (Å²) in [5.74, 6) is -0.382. The van der Waals surface area contributed by atoms with Crippen LogP contribution in [0.1, 0.15) is 12.8 Å². The molecular formula is C7H9NO4. The standard InChI is InChI=1S/C7H9NO4/c9-6-5(12-7(10)8-6)4-2-1-3-11-4/h4-5H,1-3H2,(H,8,9,10). The number of alkyl carbamates (subject to hydrolysis) is 1. The predicted octanol–water partition coefficient (Wildman–Crippen LogP) is -0.200. The molecule has 5 nitrogen and oxygen atoms in total. The highest BCUT2D eigenvalue weighted by Crippen LogP contribution is 2.20. The van der Waals surface area contributed by atoms with E-state index in [2.05, 4.69) is 5.32 Å². The van der Waals surface area contributed by atoms with Gasteiger partial charge in [0, 0.05) is 6.61 Å². The Hall–Kier alpha value is -1.10. The van der Waals surface area contributed by atoms with Gasteiger partial charge < -0.3 is 9.47 Å². The Balaban J connectivity index is 2.03. The van der Waals surface area contributed by atoms with Gasteiger partial charge in [-0.15, -0.1) is 0 Å². The number of imide groups is 1. The van der Waals surface area contributed by atoms with Crippen LogP contribution in [0.2, 0.25) is 0 Å². The fourth-order valence-corrected chi connectivity index (χ4v) is 1.46. The molecule has 5 heteroatoms. The minimum Gasteiger partial charge on any atom is -0.433 e. The number of rotatable bonds is 1. The molecule has 66 valence electrons. The molecule has 2 saturated heterocycles. The lowest BCUT2D eigenvalue weighted by atomic mass is 10.1. The van der Waals surface area contributed by atoms with Gasteiger partial charge in [0.05, 0.1) is 0 Å². The second-order valence-corrected chi connectivity index (χ2v) is 2.87. The number of hydrogen-bond acceptors (Lipinski definition) is 4. The normalized spacial score (nSPS) is 35.0. The fourth-order valence-electron chi connectivity index (χ4n) is 1.46. The molecule has 2 rings (SSSR count). The zero-order valence-corrected chi connectivity index (χ0v) is 6.41. The van der Waals surface area contributed by atoms with E-state index >= 15 is 0 Å². The van der Waals surface area contributed by atoms with E-state index in [1.807, 2.05) is 0 Å². The molecule has 2 aliphatic heterocycles. The Labute approximate surface area is 69.0 Å². The van der Waals surface area contributed by atoms with Crippen LogP contribution >= 0.6 is 0 Å². The second-order valence-electron chi connectivity index (χ2n) is 2.87. The Morgan fingerprint density at radius 3 is 2.75 bits per heavy atom. The maximum atomic E-state index is 11.0. The molecule has 2 unspecified atom stereocenters. The molecule has 0 saturated carbocycles. The summed E-state index contributed by atoms with van der Waals surface area (Å²) < 4.78 is 9.95. The molecule has 2 aliphatic rings. The van der Waals surface area contributed by atoms with Crippen molar-refractivity contribution in [2.24, 2.45) is 0 Å². The van der Waals surface area contributed by atoms with E-state index in [1.54, 1.807) is 0 Å². The van der Waals surface area contributed by atoms with E-state index in [9.17, 15) is 9.59 Å². The van der Waals surface area contributed by atoms with Gasteiger partial charge in [-0.2, -0.15) is 0 Å². The first-order valence-corrected chi connectivity index (χ1v) is 3.90. The van der Waals surface area contributed by atoms with Crippen LogP contribution in [0.4, 0.5) is 4.79 Å². The van der Waals surface area contributed by atoms with E-state index in [0.29, 0.717) is 6.61 Å². The molecule has 2 amide bonds. The van der Waals surface area contributed by atoms with Crippen LogP contribution in [-0.4, -0.2) is 30.8 Å². The Morgan fingerprint density at radius 2 is 2.25 bits per heavy atom. The largest absolute Gasteiger partial charge is 0.433 e. The van der Waals surface area contributed by atoms with Gasteiger partial charge in [-0.1, -0.05) is 0 Å². The summed E-state index contributed by atoms with van der Waals surface area (Å²) in [4.78, 5) is 21.6. The van der Waals surface area contributed by atoms with Crippen LogP contribution in [0.5, 0.6) is 0 Å². The molecule has 0 aromatic heterocycles. The summed E-state index contributed by atoms with van der Waals surface area (Å²) in [6, 6.07) is 0. The highest BCUT2D eigenvalue weighted by atomic mass is 16.6.